The quantitative estimate of drug-likeness (QED) is 0.294. The molecule has 0 radical (unpaired) electrons. The van der Waals surface area contributed by atoms with E-state index in [2.05, 4.69) is 110 Å². The van der Waals surface area contributed by atoms with Crippen molar-refractivity contribution in [2.24, 2.45) is 0 Å². The van der Waals surface area contributed by atoms with Crippen molar-refractivity contribution in [3.63, 3.8) is 0 Å². The van der Waals surface area contributed by atoms with E-state index in [1.54, 1.807) is 0 Å². The molecule has 0 aliphatic carbocycles. The minimum absolute atomic E-state index is 0.861. The normalized spacial score (nSPS) is 11.5. The van der Waals surface area contributed by atoms with Gasteiger partial charge in [0.1, 0.15) is 0 Å². The van der Waals surface area contributed by atoms with Crippen LogP contribution in [0, 0.1) is 0 Å². The van der Waals surface area contributed by atoms with Crippen LogP contribution >= 0.6 is 0 Å². The van der Waals surface area contributed by atoms with Gasteiger partial charge in [0.25, 0.3) is 0 Å². The van der Waals surface area contributed by atoms with Crippen LogP contribution in [0.5, 0.6) is 0 Å². The molecule has 7 aromatic rings. The van der Waals surface area contributed by atoms with Gasteiger partial charge in [-0.15, -0.1) is 0 Å². The van der Waals surface area contributed by atoms with E-state index in [1.807, 2.05) is 30.5 Å². The van der Waals surface area contributed by atoms with Crippen LogP contribution in [0.3, 0.4) is 0 Å². The standard InChI is InChI=1S/C30H20N4/c1-3-9-21(10-4-1)26-19-23(20-31-32-26)34-28-14-8-7-13-24(28)30-25-17-18-33(22-11-5-2-6-12-22)27(25)15-16-29(30)34/h1-20H. The third-order valence-electron chi connectivity index (χ3n) is 6.51. The van der Waals surface area contributed by atoms with Crippen LogP contribution in [0.1, 0.15) is 0 Å². The molecule has 7 rings (SSSR count). The lowest BCUT2D eigenvalue weighted by Gasteiger charge is -2.09. The van der Waals surface area contributed by atoms with Gasteiger partial charge in [-0.1, -0.05) is 66.7 Å². The summed E-state index contributed by atoms with van der Waals surface area (Å²) in [5.74, 6) is 0. The lowest BCUT2D eigenvalue weighted by molar-refractivity contribution is 1.01. The maximum atomic E-state index is 4.40. The molecular weight excluding hydrogens is 416 g/mol. The van der Waals surface area contributed by atoms with E-state index >= 15 is 0 Å². The summed E-state index contributed by atoms with van der Waals surface area (Å²) in [6.45, 7) is 0. The number of fused-ring (bicyclic) bond motifs is 5. The van der Waals surface area contributed by atoms with Crippen molar-refractivity contribution in [1.29, 1.82) is 0 Å². The minimum Gasteiger partial charge on any atom is -0.317 e. The summed E-state index contributed by atoms with van der Waals surface area (Å²) < 4.78 is 4.55. The Morgan fingerprint density at radius 1 is 0.559 bits per heavy atom. The van der Waals surface area contributed by atoms with E-state index in [4.69, 9.17) is 0 Å². The average molecular weight is 437 g/mol. The van der Waals surface area contributed by atoms with E-state index in [0.717, 1.165) is 33.7 Å². The molecule has 3 aromatic heterocycles. The van der Waals surface area contributed by atoms with E-state index in [9.17, 15) is 0 Å². The zero-order valence-corrected chi connectivity index (χ0v) is 18.3. The Hall–Kier alpha value is -4.70. The molecule has 4 aromatic carbocycles. The highest BCUT2D eigenvalue weighted by molar-refractivity contribution is 6.21. The third-order valence-corrected chi connectivity index (χ3v) is 6.51. The number of benzene rings is 4. The predicted molar refractivity (Wildman–Crippen MR) is 139 cm³/mol. The second kappa shape index (κ2) is 7.42. The lowest BCUT2D eigenvalue weighted by atomic mass is 10.1. The van der Waals surface area contributed by atoms with Crippen LogP contribution in [-0.2, 0) is 0 Å². The maximum absolute atomic E-state index is 4.40. The maximum Gasteiger partial charge on any atom is 0.0950 e. The van der Waals surface area contributed by atoms with Gasteiger partial charge < -0.3 is 9.13 Å². The molecule has 0 aliphatic heterocycles. The summed E-state index contributed by atoms with van der Waals surface area (Å²) in [6.07, 6.45) is 4.00. The van der Waals surface area contributed by atoms with Crippen LogP contribution < -0.4 is 0 Å². The van der Waals surface area contributed by atoms with Gasteiger partial charge >= 0.3 is 0 Å². The number of rotatable bonds is 3. The van der Waals surface area contributed by atoms with Gasteiger partial charge in [-0.05, 0) is 42.5 Å². The molecule has 0 spiro atoms. The zero-order valence-electron chi connectivity index (χ0n) is 18.3. The Labute approximate surface area is 196 Å². The van der Waals surface area contributed by atoms with E-state index in [1.165, 1.54) is 21.7 Å². The number of aromatic nitrogens is 4. The molecule has 0 fully saturated rings. The Balaban J connectivity index is 1.52. The molecule has 34 heavy (non-hydrogen) atoms. The van der Waals surface area contributed by atoms with E-state index in [-0.39, 0.29) is 0 Å². The first-order valence-corrected chi connectivity index (χ1v) is 11.4. The van der Waals surface area contributed by atoms with Crippen LogP contribution in [0.4, 0.5) is 0 Å². The molecule has 160 valence electrons. The van der Waals surface area contributed by atoms with Gasteiger partial charge in [-0.25, -0.2) is 0 Å². The Morgan fingerprint density at radius 2 is 1.26 bits per heavy atom. The van der Waals surface area contributed by atoms with Crippen molar-refractivity contribution in [3.8, 4) is 22.6 Å². The molecule has 0 saturated heterocycles. The van der Waals surface area contributed by atoms with Crippen molar-refractivity contribution in [3.05, 3.63) is 122 Å². The summed E-state index contributed by atoms with van der Waals surface area (Å²) in [7, 11) is 0. The largest absolute Gasteiger partial charge is 0.317 e. The van der Waals surface area contributed by atoms with Gasteiger partial charge in [-0.3, -0.25) is 0 Å². The van der Waals surface area contributed by atoms with Gasteiger partial charge in [0, 0.05) is 33.6 Å². The number of para-hydroxylation sites is 2. The van der Waals surface area contributed by atoms with Gasteiger partial charge in [0.05, 0.1) is 34.1 Å². The fourth-order valence-electron chi connectivity index (χ4n) is 5.01. The van der Waals surface area contributed by atoms with Crippen molar-refractivity contribution < 1.29 is 0 Å². The van der Waals surface area contributed by atoms with Gasteiger partial charge in [0.2, 0.25) is 0 Å². The summed E-state index contributed by atoms with van der Waals surface area (Å²) >= 11 is 0. The van der Waals surface area contributed by atoms with Crippen molar-refractivity contribution in [1.82, 2.24) is 19.3 Å². The van der Waals surface area contributed by atoms with Crippen molar-refractivity contribution >= 4 is 32.7 Å². The second-order valence-corrected chi connectivity index (χ2v) is 8.43. The fraction of sp³-hybridized carbons (Fsp3) is 0. The molecule has 0 bridgehead atoms. The molecule has 0 unspecified atom stereocenters. The number of nitrogens with zero attached hydrogens (tertiary/aromatic N) is 4. The highest BCUT2D eigenvalue weighted by Crippen LogP contribution is 2.38. The van der Waals surface area contributed by atoms with Crippen molar-refractivity contribution in [2.75, 3.05) is 0 Å². The Bertz CT molecular complexity index is 1790. The molecule has 4 heteroatoms. The minimum atomic E-state index is 0.861. The van der Waals surface area contributed by atoms with Crippen molar-refractivity contribution in [2.45, 2.75) is 0 Å². The lowest BCUT2D eigenvalue weighted by Crippen LogP contribution is -1.97. The predicted octanol–water partition coefficient (Wildman–Crippen LogP) is 7.18. The molecule has 0 atom stereocenters. The third kappa shape index (κ3) is 2.79. The highest BCUT2D eigenvalue weighted by atomic mass is 15.1. The fourth-order valence-corrected chi connectivity index (χ4v) is 5.01. The van der Waals surface area contributed by atoms with Crippen LogP contribution in [0.2, 0.25) is 0 Å². The molecule has 0 N–H and O–H groups in total. The summed E-state index contributed by atoms with van der Waals surface area (Å²) in [5.41, 5.74) is 7.59. The SMILES string of the molecule is c1ccc(-c2cc(-n3c4ccccc4c4c5ccn(-c6ccccc6)c5ccc43)cnn2)cc1. The first-order valence-electron chi connectivity index (χ1n) is 11.4. The first kappa shape index (κ1) is 18.8. The summed E-state index contributed by atoms with van der Waals surface area (Å²) in [5, 5.41) is 12.5. The summed E-state index contributed by atoms with van der Waals surface area (Å²) in [6, 6.07) is 38.0. The monoisotopic (exact) mass is 436 g/mol. The van der Waals surface area contributed by atoms with Gasteiger partial charge in [-0.2, -0.15) is 10.2 Å². The molecule has 0 aliphatic rings. The Morgan fingerprint density at radius 3 is 2.12 bits per heavy atom. The molecular formula is C30H20N4. The number of hydrogen-bond donors (Lipinski definition) is 0. The Kier molecular flexibility index (Phi) is 4.11. The molecule has 3 heterocycles. The second-order valence-electron chi connectivity index (χ2n) is 8.43. The summed E-state index contributed by atoms with van der Waals surface area (Å²) in [4.78, 5) is 0. The van der Waals surface area contributed by atoms with Crippen LogP contribution in [-0.4, -0.2) is 19.3 Å². The molecule has 0 saturated carbocycles. The van der Waals surface area contributed by atoms with Gasteiger partial charge in [0.15, 0.2) is 0 Å². The first-order chi connectivity index (χ1) is 16.9. The molecule has 0 amide bonds. The topological polar surface area (TPSA) is 35.6 Å². The smallest absolute Gasteiger partial charge is 0.0950 e. The average Bonchev–Trinajstić information content (AvgIpc) is 3.49. The van der Waals surface area contributed by atoms with E-state index in [0.29, 0.717) is 0 Å². The van der Waals surface area contributed by atoms with Crippen LogP contribution in [0.15, 0.2) is 122 Å². The molecule has 4 nitrogen and oxygen atoms in total. The number of hydrogen-bond acceptors (Lipinski definition) is 2. The van der Waals surface area contributed by atoms with E-state index < -0.39 is 0 Å². The highest BCUT2D eigenvalue weighted by Gasteiger charge is 2.17. The zero-order chi connectivity index (χ0) is 22.5. The van der Waals surface area contributed by atoms with Crippen LogP contribution in [0.25, 0.3) is 55.3 Å².